The number of carboxylic acid groups (broad SMARTS) is 1. The predicted molar refractivity (Wildman–Crippen MR) is 71.9 cm³/mol. The molecule has 0 aliphatic heterocycles. The van der Waals surface area contributed by atoms with Gasteiger partial charge in [-0.15, -0.1) is 0 Å². The van der Waals surface area contributed by atoms with E-state index in [0.717, 1.165) is 25.7 Å². The van der Waals surface area contributed by atoms with E-state index in [0.29, 0.717) is 0 Å². The van der Waals surface area contributed by atoms with Crippen LogP contribution in [0.4, 0.5) is 0 Å². The van der Waals surface area contributed by atoms with Gasteiger partial charge in [0.25, 0.3) is 0 Å². The van der Waals surface area contributed by atoms with E-state index >= 15 is 0 Å². The number of rotatable bonds is 4. The van der Waals surface area contributed by atoms with Gasteiger partial charge in [-0.05, 0) is 53.1 Å². The van der Waals surface area contributed by atoms with Gasteiger partial charge in [0.05, 0.1) is 0 Å². The topological polar surface area (TPSA) is 37.3 Å². The minimum Gasteiger partial charge on any atom is -0.481 e. The van der Waals surface area contributed by atoms with Gasteiger partial charge in [0.2, 0.25) is 0 Å². The highest BCUT2D eigenvalue weighted by molar-refractivity contribution is 5.91. The molecule has 2 heteroatoms. The fourth-order valence-electron chi connectivity index (χ4n) is 3.00. The summed E-state index contributed by atoms with van der Waals surface area (Å²) in [5.74, 6) is -0.701. The maximum absolute atomic E-state index is 10.6. The Morgan fingerprint density at radius 3 is 2.89 bits per heavy atom. The second-order valence-electron chi connectivity index (χ2n) is 4.97. The van der Waals surface area contributed by atoms with Crippen molar-refractivity contribution in [3.05, 3.63) is 47.0 Å². The van der Waals surface area contributed by atoms with Crippen LogP contribution in [0.2, 0.25) is 0 Å². The zero-order valence-corrected chi connectivity index (χ0v) is 10.3. The molecule has 1 aliphatic carbocycles. The van der Waals surface area contributed by atoms with Crippen molar-refractivity contribution >= 4 is 16.7 Å². The third kappa shape index (κ3) is 1.88. The fourth-order valence-corrected chi connectivity index (χ4v) is 3.00. The van der Waals surface area contributed by atoms with Crippen LogP contribution in [0.15, 0.2) is 30.3 Å². The van der Waals surface area contributed by atoms with E-state index in [-0.39, 0.29) is 6.42 Å². The maximum atomic E-state index is 10.6. The van der Waals surface area contributed by atoms with Crippen molar-refractivity contribution in [1.82, 2.24) is 0 Å². The highest BCUT2D eigenvalue weighted by Gasteiger charge is 2.16. The molecule has 2 aromatic carbocycles. The first kappa shape index (κ1) is 11.3. The van der Waals surface area contributed by atoms with Gasteiger partial charge < -0.3 is 5.11 Å². The van der Waals surface area contributed by atoms with E-state index < -0.39 is 5.97 Å². The smallest absolute Gasteiger partial charge is 0.303 e. The van der Waals surface area contributed by atoms with Crippen LogP contribution in [-0.4, -0.2) is 11.1 Å². The fraction of sp³-hybridized carbons (Fsp3) is 0.312. The zero-order valence-electron chi connectivity index (χ0n) is 10.3. The van der Waals surface area contributed by atoms with Crippen LogP contribution in [0, 0.1) is 0 Å². The van der Waals surface area contributed by atoms with Crippen molar-refractivity contribution in [1.29, 1.82) is 0 Å². The van der Waals surface area contributed by atoms with E-state index in [2.05, 4.69) is 30.3 Å². The number of hydrogen-bond acceptors (Lipinski definition) is 1. The van der Waals surface area contributed by atoms with Crippen LogP contribution in [0.1, 0.15) is 29.5 Å². The number of aryl methyl sites for hydroxylation is 3. The van der Waals surface area contributed by atoms with E-state index in [1.54, 1.807) is 0 Å². The van der Waals surface area contributed by atoms with E-state index in [4.69, 9.17) is 5.11 Å². The summed E-state index contributed by atoms with van der Waals surface area (Å²) in [5.41, 5.74) is 4.24. The quantitative estimate of drug-likeness (QED) is 0.889. The molecule has 0 fully saturated rings. The Labute approximate surface area is 106 Å². The lowest BCUT2D eigenvalue weighted by atomic mass is 9.97. The predicted octanol–water partition coefficient (Wildman–Crippen LogP) is 3.35. The molecule has 0 amide bonds. The monoisotopic (exact) mass is 240 g/mol. The summed E-state index contributed by atoms with van der Waals surface area (Å²) in [6.07, 6.45) is 4.11. The van der Waals surface area contributed by atoms with Crippen LogP contribution in [0.25, 0.3) is 10.8 Å². The van der Waals surface area contributed by atoms with Crippen molar-refractivity contribution in [3.8, 4) is 0 Å². The maximum Gasteiger partial charge on any atom is 0.303 e. The van der Waals surface area contributed by atoms with Gasteiger partial charge in [-0.3, -0.25) is 4.79 Å². The number of hydrogen-bond donors (Lipinski definition) is 1. The second-order valence-corrected chi connectivity index (χ2v) is 4.97. The molecule has 0 heterocycles. The molecule has 3 rings (SSSR count). The Morgan fingerprint density at radius 2 is 2.06 bits per heavy atom. The normalized spacial score (nSPS) is 13.1. The van der Waals surface area contributed by atoms with Crippen molar-refractivity contribution in [2.45, 2.75) is 32.1 Å². The van der Waals surface area contributed by atoms with Crippen LogP contribution in [0.5, 0.6) is 0 Å². The van der Waals surface area contributed by atoms with E-state index in [1.165, 1.54) is 27.5 Å². The molecule has 2 nitrogen and oxygen atoms in total. The van der Waals surface area contributed by atoms with E-state index in [1.807, 2.05) is 0 Å². The lowest BCUT2D eigenvalue weighted by Crippen LogP contribution is -1.98. The number of carbonyl (C=O) groups is 1. The van der Waals surface area contributed by atoms with Gasteiger partial charge in [-0.2, -0.15) is 0 Å². The molecule has 0 unspecified atom stereocenters. The standard InChI is InChI=1S/C16H16O2/c17-15(18)6-2-3-11-7-8-12-4-1-5-13-9-10-14(11)16(12)13/h1,4-5,7-8H,2-3,6,9-10H2,(H,17,18). The molecule has 0 spiro atoms. The molecule has 0 radical (unpaired) electrons. The van der Waals surface area contributed by atoms with Crippen LogP contribution >= 0.6 is 0 Å². The van der Waals surface area contributed by atoms with Crippen molar-refractivity contribution in [3.63, 3.8) is 0 Å². The van der Waals surface area contributed by atoms with E-state index in [9.17, 15) is 4.79 Å². The minimum atomic E-state index is -0.701. The zero-order chi connectivity index (χ0) is 12.5. The summed E-state index contributed by atoms with van der Waals surface area (Å²) in [7, 11) is 0. The summed E-state index contributed by atoms with van der Waals surface area (Å²) >= 11 is 0. The Balaban J connectivity index is 1.94. The van der Waals surface area contributed by atoms with Gasteiger partial charge in [0, 0.05) is 6.42 Å². The van der Waals surface area contributed by atoms with Gasteiger partial charge >= 0.3 is 5.97 Å². The Kier molecular flexibility index (Phi) is 2.78. The average Bonchev–Trinajstić information content (AvgIpc) is 2.78. The van der Waals surface area contributed by atoms with Crippen molar-refractivity contribution in [2.75, 3.05) is 0 Å². The Bertz CT molecular complexity index is 614. The molecular formula is C16H16O2. The summed E-state index contributed by atoms with van der Waals surface area (Å²) in [4.78, 5) is 10.6. The molecule has 0 atom stereocenters. The molecule has 0 saturated carbocycles. The highest BCUT2D eigenvalue weighted by Crippen LogP contribution is 2.33. The first-order valence-electron chi connectivity index (χ1n) is 6.50. The minimum absolute atomic E-state index is 0.263. The van der Waals surface area contributed by atoms with Crippen LogP contribution in [0.3, 0.4) is 0 Å². The summed E-state index contributed by atoms with van der Waals surface area (Å²) < 4.78 is 0. The average molecular weight is 240 g/mol. The Morgan fingerprint density at radius 1 is 1.17 bits per heavy atom. The molecule has 0 saturated heterocycles. The summed E-state index contributed by atoms with van der Waals surface area (Å²) in [5, 5.41) is 11.4. The third-order valence-electron chi connectivity index (χ3n) is 3.82. The molecular weight excluding hydrogens is 224 g/mol. The largest absolute Gasteiger partial charge is 0.481 e. The lowest BCUT2D eigenvalue weighted by Gasteiger charge is -2.08. The van der Waals surface area contributed by atoms with Crippen LogP contribution in [-0.2, 0) is 24.1 Å². The van der Waals surface area contributed by atoms with Gasteiger partial charge in [-0.25, -0.2) is 0 Å². The SMILES string of the molecule is O=C(O)CCCc1ccc2cccc3c2c1CC3. The molecule has 0 aromatic heterocycles. The summed E-state index contributed by atoms with van der Waals surface area (Å²) in [6.45, 7) is 0. The van der Waals surface area contributed by atoms with Gasteiger partial charge in [0.1, 0.15) is 0 Å². The van der Waals surface area contributed by atoms with Crippen molar-refractivity contribution < 1.29 is 9.90 Å². The third-order valence-corrected chi connectivity index (χ3v) is 3.82. The first-order valence-corrected chi connectivity index (χ1v) is 6.50. The molecule has 92 valence electrons. The van der Waals surface area contributed by atoms with Gasteiger partial charge in [0.15, 0.2) is 0 Å². The second kappa shape index (κ2) is 4.45. The molecule has 0 bridgehead atoms. The van der Waals surface area contributed by atoms with Crippen molar-refractivity contribution in [2.24, 2.45) is 0 Å². The molecule has 1 N–H and O–H groups in total. The molecule has 1 aliphatic rings. The Hall–Kier alpha value is -1.83. The lowest BCUT2D eigenvalue weighted by molar-refractivity contribution is -0.137. The summed E-state index contributed by atoms with van der Waals surface area (Å²) in [6, 6.07) is 10.8. The van der Waals surface area contributed by atoms with Crippen LogP contribution < -0.4 is 0 Å². The number of aliphatic carboxylic acids is 1. The number of benzene rings is 2. The highest BCUT2D eigenvalue weighted by atomic mass is 16.4. The number of carboxylic acids is 1. The molecule has 2 aromatic rings. The molecule has 18 heavy (non-hydrogen) atoms. The van der Waals surface area contributed by atoms with Gasteiger partial charge in [-0.1, -0.05) is 30.3 Å². The first-order chi connectivity index (χ1) is 8.75.